The molecule has 10 heteroatoms. The fourth-order valence-electron chi connectivity index (χ4n) is 3.07. The van der Waals surface area contributed by atoms with Crippen LogP contribution < -0.4 is 10.6 Å². The minimum atomic E-state index is 0.0244. The molecule has 2 N–H and O–H groups in total. The van der Waals surface area contributed by atoms with Crippen LogP contribution in [0.2, 0.25) is 0 Å². The van der Waals surface area contributed by atoms with Gasteiger partial charge in [-0.3, -0.25) is 4.79 Å². The number of carbonyl (C=O) groups excluding carboxylic acids is 1. The predicted octanol–water partition coefficient (Wildman–Crippen LogP) is 3.82. The van der Waals surface area contributed by atoms with Crippen LogP contribution in [-0.2, 0) is 21.8 Å². The summed E-state index contributed by atoms with van der Waals surface area (Å²) >= 11 is 3.22. The number of carbonyl (C=O) groups is 1. The number of hydrogen-bond acceptors (Lipinski definition) is 8. The van der Waals surface area contributed by atoms with Gasteiger partial charge in [-0.2, -0.15) is 5.10 Å². The van der Waals surface area contributed by atoms with Gasteiger partial charge in [0.05, 0.1) is 30.5 Å². The maximum atomic E-state index is 12.2. The van der Waals surface area contributed by atoms with Crippen molar-refractivity contribution in [3.63, 3.8) is 0 Å². The van der Waals surface area contributed by atoms with Gasteiger partial charge in [-0.05, 0) is 12.5 Å². The smallest absolute Gasteiger partial charge is 0.230 e. The van der Waals surface area contributed by atoms with E-state index in [4.69, 9.17) is 9.72 Å². The maximum absolute atomic E-state index is 12.2. The van der Waals surface area contributed by atoms with Crippen molar-refractivity contribution in [2.75, 3.05) is 37.4 Å². The van der Waals surface area contributed by atoms with Gasteiger partial charge in [0.15, 0.2) is 10.8 Å². The second-order valence-electron chi connectivity index (χ2n) is 7.58. The molecule has 8 nitrogen and oxygen atoms in total. The van der Waals surface area contributed by atoms with Crippen molar-refractivity contribution in [3.05, 3.63) is 42.1 Å². The topological polar surface area (TPSA) is 94.0 Å². The number of benzene rings is 1. The van der Waals surface area contributed by atoms with Crippen LogP contribution in [-0.4, -0.2) is 63.0 Å². The van der Waals surface area contributed by atoms with Gasteiger partial charge in [0, 0.05) is 30.7 Å². The molecule has 0 unspecified atom stereocenters. The highest BCUT2D eigenvalue weighted by Gasteiger charge is 2.14. The summed E-state index contributed by atoms with van der Waals surface area (Å²) in [6.45, 7) is 9.19. The van der Waals surface area contributed by atoms with E-state index in [0.717, 1.165) is 22.6 Å². The molecule has 1 amide bonds. The number of nitrogens with zero attached hydrogens (tertiary/aromatic N) is 4. The van der Waals surface area contributed by atoms with Crippen LogP contribution in [0.3, 0.4) is 0 Å². The standard InChI is InChI=1S/C23H32N6O2S2/c1-4-31-13-11-25-21-19-14-26-29(22(19)28-23(27-21)33-17(2)3)12-10-24-20(30)16-32-15-18-8-6-5-7-9-18/h5-9,14,17H,4,10-13,15-16H2,1-3H3,(H,24,30)(H,25,27,28). The van der Waals surface area contributed by atoms with Crippen molar-refractivity contribution in [1.29, 1.82) is 0 Å². The number of thioether (sulfide) groups is 2. The van der Waals surface area contributed by atoms with E-state index in [1.807, 2.05) is 29.8 Å². The first kappa shape index (κ1) is 25.3. The molecule has 33 heavy (non-hydrogen) atoms. The second kappa shape index (κ2) is 13.4. The molecule has 0 atom stereocenters. The molecular weight excluding hydrogens is 456 g/mol. The fourth-order valence-corrected chi connectivity index (χ4v) is 4.59. The Morgan fingerprint density at radius 2 is 2.00 bits per heavy atom. The highest BCUT2D eigenvalue weighted by molar-refractivity contribution is 7.99. The summed E-state index contributed by atoms with van der Waals surface area (Å²) in [5.74, 6) is 2.04. The van der Waals surface area contributed by atoms with Crippen molar-refractivity contribution in [2.24, 2.45) is 0 Å². The zero-order chi connectivity index (χ0) is 23.5. The Balaban J connectivity index is 1.57. The van der Waals surface area contributed by atoms with E-state index < -0.39 is 0 Å². The molecule has 0 fully saturated rings. The molecule has 0 aliphatic carbocycles. The second-order valence-corrected chi connectivity index (χ2v) is 10.1. The van der Waals surface area contributed by atoms with Crippen LogP contribution in [0, 0.1) is 0 Å². The van der Waals surface area contributed by atoms with E-state index in [1.165, 1.54) is 5.56 Å². The zero-order valence-corrected chi connectivity index (χ0v) is 21.0. The first-order valence-corrected chi connectivity index (χ1v) is 13.2. The van der Waals surface area contributed by atoms with E-state index >= 15 is 0 Å². The van der Waals surface area contributed by atoms with Crippen molar-refractivity contribution in [2.45, 2.75) is 43.5 Å². The Bertz CT molecular complexity index is 1010. The molecule has 0 spiro atoms. The third kappa shape index (κ3) is 8.21. The zero-order valence-electron chi connectivity index (χ0n) is 19.4. The largest absolute Gasteiger partial charge is 0.380 e. The summed E-state index contributed by atoms with van der Waals surface area (Å²) in [6.07, 6.45) is 1.78. The van der Waals surface area contributed by atoms with Gasteiger partial charge in [0.1, 0.15) is 5.82 Å². The lowest BCUT2D eigenvalue weighted by atomic mass is 10.2. The summed E-state index contributed by atoms with van der Waals surface area (Å²) in [5.41, 5.74) is 1.98. The molecule has 3 aromatic rings. The lowest BCUT2D eigenvalue weighted by molar-refractivity contribution is -0.118. The quantitative estimate of drug-likeness (QED) is 0.201. The molecule has 2 heterocycles. The first-order valence-electron chi connectivity index (χ1n) is 11.2. The fraction of sp³-hybridized carbons (Fsp3) is 0.478. The monoisotopic (exact) mass is 488 g/mol. The lowest BCUT2D eigenvalue weighted by Crippen LogP contribution is -2.29. The van der Waals surface area contributed by atoms with Crippen LogP contribution in [0.5, 0.6) is 0 Å². The predicted molar refractivity (Wildman–Crippen MR) is 137 cm³/mol. The van der Waals surface area contributed by atoms with E-state index in [9.17, 15) is 4.79 Å². The molecular formula is C23H32N6O2S2. The third-order valence-electron chi connectivity index (χ3n) is 4.55. The minimum absolute atomic E-state index is 0.0244. The van der Waals surface area contributed by atoms with Gasteiger partial charge in [-0.25, -0.2) is 14.6 Å². The summed E-state index contributed by atoms with van der Waals surface area (Å²) in [4.78, 5) is 21.6. The Labute approximate surface area is 203 Å². The molecule has 0 saturated carbocycles. The Kier molecular flexibility index (Phi) is 10.3. The van der Waals surface area contributed by atoms with E-state index in [2.05, 4.69) is 46.7 Å². The number of fused-ring (bicyclic) bond motifs is 1. The number of anilines is 1. The van der Waals surface area contributed by atoms with Gasteiger partial charge in [0.25, 0.3) is 0 Å². The molecule has 0 aliphatic rings. The van der Waals surface area contributed by atoms with Gasteiger partial charge < -0.3 is 15.4 Å². The highest BCUT2D eigenvalue weighted by atomic mass is 32.2. The summed E-state index contributed by atoms with van der Waals surface area (Å²) in [6, 6.07) is 10.2. The summed E-state index contributed by atoms with van der Waals surface area (Å²) in [7, 11) is 0. The van der Waals surface area contributed by atoms with Crippen molar-refractivity contribution < 1.29 is 9.53 Å². The Morgan fingerprint density at radius 1 is 1.18 bits per heavy atom. The molecule has 0 radical (unpaired) electrons. The SMILES string of the molecule is CCOCCNc1nc(SC(C)C)nc2c1cnn2CCNC(=O)CSCc1ccccc1. The molecule has 3 rings (SSSR count). The van der Waals surface area contributed by atoms with Crippen LogP contribution in [0.4, 0.5) is 5.82 Å². The Morgan fingerprint density at radius 3 is 2.76 bits per heavy atom. The highest BCUT2D eigenvalue weighted by Crippen LogP contribution is 2.26. The first-order chi connectivity index (χ1) is 16.1. The summed E-state index contributed by atoms with van der Waals surface area (Å²) < 4.78 is 7.25. The van der Waals surface area contributed by atoms with E-state index in [1.54, 1.807) is 29.7 Å². The third-order valence-corrected chi connectivity index (χ3v) is 6.42. The number of hydrogen-bond donors (Lipinski definition) is 2. The van der Waals surface area contributed by atoms with E-state index in [0.29, 0.717) is 49.0 Å². The van der Waals surface area contributed by atoms with Gasteiger partial charge >= 0.3 is 0 Å². The molecule has 0 saturated heterocycles. The number of aromatic nitrogens is 4. The number of ether oxygens (including phenoxy) is 1. The van der Waals surface area contributed by atoms with Gasteiger partial charge in [-0.15, -0.1) is 11.8 Å². The lowest BCUT2D eigenvalue weighted by Gasteiger charge is -2.11. The Hall–Kier alpha value is -2.30. The van der Waals surface area contributed by atoms with Crippen LogP contribution in [0.1, 0.15) is 26.3 Å². The van der Waals surface area contributed by atoms with Crippen molar-refractivity contribution >= 4 is 46.3 Å². The average molecular weight is 489 g/mol. The van der Waals surface area contributed by atoms with Crippen LogP contribution in [0.15, 0.2) is 41.7 Å². The van der Waals surface area contributed by atoms with Gasteiger partial charge in [-0.1, -0.05) is 55.9 Å². The van der Waals surface area contributed by atoms with Crippen molar-refractivity contribution in [3.8, 4) is 0 Å². The van der Waals surface area contributed by atoms with Crippen molar-refractivity contribution in [1.82, 2.24) is 25.1 Å². The number of rotatable bonds is 14. The normalized spacial score (nSPS) is 11.3. The summed E-state index contributed by atoms with van der Waals surface area (Å²) in [5, 5.41) is 12.8. The molecule has 0 aliphatic heterocycles. The molecule has 178 valence electrons. The molecule has 0 bridgehead atoms. The van der Waals surface area contributed by atoms with Crippen LogP contribution >= 0.6 is 23.5 Å². The van der Waals surface area contributed by atoms with Gasteiger partial charge in [0.2, 0.25) is 5.91 Å². The molecule has 2 aromatic heterocycles. The van der Waals surface area contributed by atoms with Crippen LogP contribution in [0.25, 0.3) is 11.0 Å². The minimum Gasteiger partial charge on any atom is -0.380 e. The number of nitrogens with one attached hydrogen (secondary N) is 2. The number of amides is 1. The average Bonchev–Trinajstić information content (AvgIpc) is 3.20. The van der Waals surface area contributed by atoms with E-state index in [-0.39, 0.29) is 5.91 Å². The maximum Gasteiger partial charge on any atom is 0.230 e. The molecule has 1 aromatic carbocycles.